The molecule has 0 saturated carbocycles. The lowest BCUT2D eigenvalue weighted by molar-refractivity contribution is -0.384. The number of nitrogens with zero attached hydrogens (tertiary/aromatic N) is 1. The number of non-ortho nitro benzene ring substituents is 1. The molecule has 1 rings (SSSR count). The van der Waals surface area contributed by atoms with Crippen LogP contribution in [0.5, 0.6) is 0 Å². The Bertz CT molecular complexity index is 467. The molecule has 0 atom stereocenters. The van der Waals surface area contributed by atoms with Gasteiger partial charge in [-0.25, -0.2) is 0 Å². The van der Waals surface area contributed by atoms with E-state index in [9.17, 15) is 14.9 Å². The summed E-state index contributed by atoms with van der Waals surface area (Å²) in [6, 6.07) is 5.88. The van der Waals surface area contributed by atoms with Gasteiger partial charge in [0.05, 0.1) is 10.3 Å². The fourth-order valence-corrected chi connectivity index (χ4v) is 1.91. The van der Waals surface area contributed by atoms with Crippen molar-refractivity contribution in [3.05, 3.63) is 34.4 Å². The molecule has 20 heavy (non-hydrogen) atoms. The third kappa shape index (κ3) is 3.91. The molecule has 1 amide bonds. The Morgan fingerprint density at radius 2 is 2.00 bits per heavy atom. The van der Waals surface area contributed by atoms with E-state index in [0.717, 1.165) is 0 Å². The van der Waals surface area contributed by atoms with Crippen LogP contribution in [0.15, 0.2) is 24.3 Å². The maximum Gasteiger partial charge on any atom is 0.271 e. The van der Waals surface area contributed by atoms with Crippen LogP contribution in [-0.4, -0.2) is 17.4 Å². The van der Waals surface area contributed by atoms with Crippen molar-refractivity contribution in [2.45, 2.75) is 26.7 Å². The summed E-state index contributed by atoms with van der Waals surface area (Å²) in [5, 5.41) is 13.4. The number of anilines is 1. The third-order valence-electron chi connectivity index (χ3n) is 3.54. The summed E-state index contributed by atoms with van der Waals surface area (Å²) in [6.07, 6.45) is 1.25. The van der Waals surface area contributed by atoms with Crippen LogP contribution in [0, 0.1) is 15.5 Å². The largest absolute Gasteiger partial charge is 0.329 e. The summed E-state index contributed by atoms with van der Waals surface area (Å²) in [5.74, 6) is -0.194. The lowest BCUT2D eigenvalue weighted by atomic mass is 9.81. The van der Waals surface area contributed by atoms with Gasteiger partial charge in [-0.1, -0.05) is 19.9 Å². The van der Waals surface area contributed by atoms with Crippen molar-refractivity contribution in [2.24, 2.45) is 11.1 Å². The van der Waals surface area contributed by atoms with Gasteiger partial charge >= 0.3 is 0 Å². The first-order valence-electron chi connectivity index (χ1n) is 6.25. The molecule has 0 bridgehead atoms. The van der Waals surface area contributed by atoms with E-state index in [0.29, 0.717) is 18.5 Å². The molecule has 1 aromatic carbocycles. The number of nitrogens with one attached hydrogen (secondary N) is 1. The highest BCUT2D eigenvalue weighted by Gasteiger charge is 2.33. The fraction of sp³-hybridized carbons (Fsp3) is 0.462. The molecular weight excluding hydrogens is 282 g/mol. The van der Waals surface area contributed by atoms with Gasteiger partial charge in [0.1, 0.15) is 0 Å². The summed E-state index contributed by atoms with van der Waals surface area (Å²) >= 11 is 0. The number of rotatable bonds is 6. The number of amides is 1. The van der Waals surface area contributed by atoms with Gasteiger partial charge in [-0.2, -0.15) is 0 Å². The Morgan fingerprint density at radius 1 is 1.40 bits per heavy atom. The topological polar surface area (TPSA) is 98.3 Å². The third-order valence-corrected chi connectivity index (χ3v) is 3.54. The van der Waals surface area contributed by atoms with Gasteiger partial charge in [0.25, 0.3) is 5.69 Å². The molecule has 0 aliphatic heterocycles. The van der Waals surface area contributed by atoms with Crippen LogP contribution in [0.4, 0.5) is 11.4 Å². The molecule has 0 saturated heterocycles. The zero-order valence-corrected chi connectivity index (χ0v) is 12.4. The number of halogens is 1. The molecule has 112 valence electrons. The highest BCUT2D eigenvalue weighted by atomic mass is 35.5. The first-order chi connectivity index (χ1) is 8.99. The number of hydrogen-bond donors (Lipinski definition) is 2. The van der Waals surface area contributed by atoms with Crippen LogP contribution >= 0.6 is 12.4 Å². The van der Waals surface area contributed by atoms with Crippen LogP contribution in [0.25, 0.3) is 0 Å². The predicted octanol–water partition coefficient (Wildman–Crippen LogP) is 2.72. The van der Waals surface area contributed by atoms with Crippen molar-refractivity contribution in [3.63, 3.8) is 0 Å². The minimum absolute atomic E-state index is 0. The molecule has 6 nitrogen and oxygen atoms in total. The number of benzene rings is 1. The van der Waals surface area contributed by atoms with Gasteiger partial charge in [-0.15, -0.1) is 12.4 Å². The predicted molar refractivity (Wildman–Crippen MR) is 81.0 cm³/mol. The molecule has 1 aromatic rings. The maximum atomic E-state index is 12.2. The molecule has 0 aliphatic rings. The molecule has 7 heteroatoms. The number of nitro groups is 1. The Morgan fingerprint density at radius 3 is 2.45 bits per heavy atom. The molecule has 0 spiro atoms. The van der Waals surface area contributed by atoms with E-state index in [4.69, 9.17) is 5.73 Å². The quantitative estimate of drug-likeness (QED) is 0.623. The van der Waals surface area contributed by atoms with Crippen LogP contribution in [0.1, 0.15) is 26.7 Å². The maximum absolute atomic E-state index is 12.2. The second-order valence-corrected chi connectivity index (χ2v) is 4.45. The number of hydrogen-bond acceptors (Lipinski definition) is 4. The Hall–Kier alpha value is -1.66. The smallest absolute Gasteiger partial charge is 0.271 e. The van der Waals surface area contributed by atoms with Crippen LogP contribution in [-0.2, 0) is 4.79 Å². The second-order valence-electron chi connectivity index (χ2n) is 4.45. The van der Waals surface area contributed by atoms with Crippen molar-refractivity contribution >= 4 is 29.7 Å². The standard InChI is InChI=1S/C13H19N3O3.ClH/c1-3-13(4-2,9-14)12(17)15-10-6-5-7-11(8-10)16(18)19;/h5-8H,3-4,9,14H2,1-2H3,(H,15,17);1H. The number of nitrogens with two attached hydrogens (primary N) is 1. The molecule has 0 radical (unpaired) electrons. The zero-order valence-electron chi connectivity index (χ0n) is 11.6. The molecule has 0 fully saturated rings. The van der Waals surface area contributed by atoms with E-state index in [1.165, 1.54) is 18.2 Å². The van der Waals surface area contributed by atoms with Gasteiger partial charge in [-0.05, 0) is 18.9 Å². The zero-order chi connectivity index (χ0) is 14.5. The first kappa shape index (κ1) is 18.3. The number of nitro benzene ring substituents is 1. The summed E-state index contributed by atoms with van der Waals surface area (Å²) in [6.45, 7) is 4.06. The summed E-state index contributed by atoms with van der Waals surface area (Å²) < 4.78 is 0. The van der Waals surface area contributed by atoms with Crippen molar-refractivity contribution < 1.29 is 9.72 Å². The van der Waals surface area contributed by atoms with Crippen molar-refractivity contribution in [2.75, 3.05) is 11.9 Å². The Balaban J connectivity index is 0.00000361. The van der Waals surface area contributed by atoms with E-state index in [-0.39, 0.29) is 30.5 Å². The van der Waals surface area contributed by atoms with Gasteiger partial charge in [0, 0.05) is 24.4 Å². The summed E-state index contributed by atoms with van der Waals surface area (Å²) in [7, 11) is 0. The SMILES string of the molecule is CCC(CC)(CN)C(=O)Nc1cccc([N+](=O)[O-])c1.Cl. The van der Waals surface area contributed by atoms with Gasteiger partial charge in [0.2, 0.25) is 5.91 Å². The van der Waals surface area contributed by atoms with Gasteiger partial charge < -0.3 is 11.1 Å². The summed E-state index contributed by atoms with van der Waals surface area (Å²) in [4.78, 5) is 22.4. The average molecular weight is 302 g/mol. The minimum Gasteiger partial charge on any atom is -0.329 e. The van der Waals surface area contributed by atoms with Crippen LogP contribution in [0.2, 0.25) is 0 Å². The number of carbonyl (C=O) groups is 1. The first-order valence-corrected chi connectivity index (χ1v) is 6.25. The van der Waals surface area contributed by atoms with Crippen LogP contribution in [0.3, 0.4) is 0 Å². The van der Waals surface area contributed by atoms with E-state index in [1.807, 2.05) is 13.8 Å². The molecule has 0 unspecified atom stereocenters. The summed E-state index contributed by atoms with van der Waals surface area (Å²) in [5.41, 5.74) is 5.44. The molecule has 0 aromatic heterocycles. The van der Waals surface area contributed by atoms with Crippen molar-refractivity contribution in [3.8, 4) is 0 Å². The average Bonchev–Trinajstić information content (AvgIpc) is 2.41. The normalized spacial score (nSPS) is 10.6. The fourth-order valence-electron chi connectivity index (χ4n) is 1.91. The second kappa shape index (κ2) is 7.81. The van der Waals surface area contributed by atoms with E-state index in [1.54, 1.807) is 6.07 Å². The molecule has 3 N–H and O–H groups in total. The van der Waals surface area contributed by atoms with Crippen molar-refractivity contribution in [1.29, 1.82) is 0 Å². The Labute approximate surface area is 124 Å². The number of carbonyl (C=O) groups excluding carboxylic acids is 1. The molecule has 0 aliphatic carbocycles. The molecule has 0 heterocycles. The van der Waals surface area contributed by atoms with E-state index < -0.39 is 10.3 Å². The lowest BCUT2D eigenvalue weighted by Crippen LogP contribution is -2.41. The monoisotopic (exact) mass is 301 g/mol. The highest BCUT2D eigenvalue weighted by molar-refractivity contribution is 5.95. The minimum atomic E-state index is -0.620. The van der Waals surface area contributed by atoms with Gasteiger partial charge in [0.15, 0.2) is 0 Å². The van der Waals surface area contributed by atoms with Crippen molar-refractivity contribution in [1.82, 2.24) is 0 Å². The van der Waals surface area contributed by atoms with E-state index >= 15 is 0 Å². The van der Waals surface area contributed by atoms with E-state index in [2.05, 4.69) is 5.32 Å². The lowest BCUT2D eigenvalue weighted by Gasteiger charge is -2.28. The Kier molecular flexibility index (Phi) is 7.17. The van der Waals surface area contributed by atoms with Gasteiger partial charge in [-0.3, -0.25) is 14.9 Å². The molecular formula is C13H20ClN3O3. The van der Waals surface area contributed by atoms with Crippen LogP contribution < -0.4 is 11.1 Å². The highest BCUT2D eigenvalue weighted by Crippen LogP contribution is 2.27.